The van der Waals surface area contributed by atoms with Gasteiger partial charge in [-0.25, -0.2) is 4.68 Å². The molecule has 2 heterocycles. The first-order valence-electron chi connectivity index (χ1n) is 12.1. The summed E-state index contributed by atoms with van der Waals surface area (Å²) in [5, 5.41) is 11.9. The van der Waals surface area contributed by atoms with Gasteiger partial charge in [-0.1, -0.05) is 55.9 Å². The van der Waals surface area contributed by atoms with Crippen LogP contribution in [0.3, 0.4) is 0 Å². The number of rotatable bonds is 9. The van der Waals surface area contributed by atoms with Gasteiger partial charge < -0.3 is 14.6 Å². The van der Waals surface area contributed by atoms with Gasteiger partial charge in [-0.05, 0) is 49.6 Å². The lowest BCUT2D eigenvalue weighted by Gasteiger charge is -2.15. The summed E-state index contributed by atoms with van der Waals surface area (Å²) >= 11 is 1.25. The maximum absolute atomic E-state index is 13.0. The molecule has 0 saturated heterocycles. The fourth-order valence-corrected chi connectivity index (χ4v) is 4.73. The molecule has 194 valence electrons. The Kier molecular flexibility index (Phi) is 7.87. The van der Waals surface area contributed by atoms with Crippen molar-refractivity contribution in [2.75, 3.05) is 11.1 Å². The average Bonchev–Trinajstić information content (AvgIpc) is 3.35. The predicted molar refractivity (Wildman–Crippen MR) is 146 cm³/mol. The molecule has 2 aromatic heterocycles. The summed E-state index contributed by atoms with van der Waals surface area (Å²) in [6.45, 7) is 8.02. The highest BCUT2D eigenvalue weighted by Gasteiger charge is 2.21. The van der Waals surface area contributed by atoms with Gasteiger partial charge in [-0.3, -0.25) is 14.3 Å². The highest BCUT2D eigenvalue weighted by Crippen LogP contribution is 2.25. The summed E-state index contributed by atoms with van der Waals surface area (Å²) < 4.78 is 11.1. The Morgan fingerprint density at radius 3 is 2.35 bits per heavy atom. The SMILES string of the molecule is Cc1c(NC(=O)CSc2nnc(C(C)Oc3ccc(C(C)C)cc3)n2C)c(=O)n(-c2ccccc2)n1C. The second-order valence-electron chi connectivity index (χ2n) is 9.16. The van der Waals surface area contributed by atoms with Crippen LogP contribution in [0.15, 0.2) is 64.5 Å². The van der Waals surface area contributed by atoms with Crippen molar-refractivity contribution in [3.63, 3.8) is 0 Å². The van der Waals surface area contributed by atoms with E-state index in [0.717, 1.165) is 11.4 Å². The number of amides is 1. The first-order valence-corrected chi connectivity index (χ1v) is 13.1. The van der Waals surface area contributed by atoms with Gasteiger partial charge in [0.25, 0.3) is 5.56 Å². The average molecular weight is 521 g/mol. The quantitative estimate of drug-likeness (QED) is 0.324. The van der Waals surface area contributed by atoms with Crippen LogP contribution in [0.1, 0.15) is 49.9 Å². The Labute approximate surface area is 220 Å². The van der Waals surface area contributed by atoms with Gasteiger partial charge in [0.1, 0.15) is 11.4 Å². The molecule has 0 bridgehead atoms. The van der Waals surface area contributed by atoms with Crippen molar-refractivity contribution < 1.29 is 9.53 Å². The molecule has 9 nitrogen and oxygen atoms in total. The van der Waals surface area contributed by atoms with E-state index in [2.05, 4.69) is 41.5 Å². The highest BCUT2D eigenvalue weighted by atomic mass is 32.2. The molecule has 1 atom stereocenters. The third kappa shape index (κ3) is 5.64. The van der Waals surface area contributed by atoms with E-state index in [1.807, 2.05) is 61.0 Å². The topological polar surface area (TPSA) is 96.0 Å². The van der Waals surface area contributed by atoms with Gasteiger partial charge >= 0.3 is 0 Å². The minimum Gasteiger partial charge on any atom is -0.483 e. The van der Waals surface area contributed by atoms with E-state index in [0.29, 0.717) is 22.6 Å². The molecule has 0 aliphatic heterocycles. The van der Waals surface area contributed by atoms with Gasteiger partial charge in [-0.15, -0.1) is 10.2 Å². The third-order valence-electron chi connectivity index (χ3n) is 6.24. The van der Waals surface area contributed by atoms with E-state index >= 15 is 0 Å². The maximum Gasteiger partial charge on any atom is 0.295 e. The Hall–Kier alpha value is -3.79. The van der Waals surface area contributed by atoms with Crippen LogP contribution in [0.25, 0.3) is 5.69 Å². The van der Waals surface area contributed by atoms with Crippen LogP contribution >= 0.6 is 11.8 Å². The Bertz CT molecular complexity index is 1440. The molecule has 0 radical (unpaired) electrons. The second kappa shape index (κ2) is 11.1. The first-order chi connectivity index (χ1) is 17.7. The molecule has 0 aliphatic rings. The molecule has 0 fully saturated rings. The van der Waals surface area contributed by atoms with E-state index < -0.39 is 0 Å². The molecule has 1 amide bonds. The zero-order chi connectivity index (χ0) is 26.7. The minimum absolute atomic E-state index is 0.0803. The summed E-state index contributed by atoms with van der Waals surface area (Å²) in [5.41, 5.74) is 2.63. The number of carbonyl (C=O) groups excluding carboxylic acids is 1. The summed E-state index contributed by atoms with van der Waals surface area (Å²) in [7, 11) is 3.63. The second-order valence-corrected chi connectivity index (χ2v) is 10.1. The van der Waals surface area contributed by atoms with Crippen molar-refractivity contribution in [1.82, 2.24) is 24.1 Å². The number of anilines is 1. The molecule has 4 rings (SSSR count). The van der Waals surface area contributed by atoms with Crippen molar-refractivity contribution in [2.45, 2.75) is 44.9 Å². The number of aromatic nitrogens is 5. The molecular formula is C27H32N6O3S. The van der Waals surface area contributed by atoms with E-state index in [1.54, 1.807) is 18.7 Å². The van der Waals surface area contributed by atoms with Crippen LogP contribution in [0.4, 0.5) is 5.69 Å². The van der Waals surface area contributed by atoms with Gasteiger partial charge in [0, 0.05) is 14.1 Å². The van der Waals surface area contributed by atoms with Crippen LogP contribution in [-0.2, 0) is 18.9 Å². The van der Waals surface area contributed by atoms with Gasteiger partial charge in [0.05, 0.1) is 17.1 Å². The van der Waals surface area contributed by atoms with Crippen molar-refractivity contribution in [3.8, 4) is 11.4 Å². The molecular weight excluding hydrogens is 488 g/mol. The standard InChI is InChI=1S/C27H32N6O3S/c1-17(2)20-12-14-22(15-13-20)36-19(4)25-29-30-27(31(25)5)37-16-23(34)28-24-18(3)32(6)33(26(24)35)21-10-8-7-9-11-21/h7-15,17,19H,16H2,1-6H3,(H,28,34). The number of nitrogens with one attached hydrogen (secondary N) is 1. The number of benzene rings is 2. The number of para-hydroxylation sites is 1. The zero-order valence-corrected chi connectivity index (χ0v) is 22.7. The molecule has 0 spiro atoms. The minimum atomic E-state index is -0.325. The van der Waals surface area contributed by atoms with E-state index in [-0.39, 0.29) is 29.0 Å². The Balaban J connectivity index is 1.40. The first kappa shape index (κ1) is 26.3. The van der Waals surface area contributed by atoms with Crippen LogP contribution in [0.5, 0.6) is 5.75 Å². The van der Waals surface area contributed by atoms with Crippen molar-refractivity contribution in [1.29, 1.82) is 0 Å². The number of hydrogen-bond donors (Lipinski definition) is 1. The number of carbonyl (C=O) groups is 1. The van der Waals surface area contributed by atoms with Crippen molar-refractivity contribution >= 4 is 23.4 Å². The van der Waals surface area contributed by atoms with Crippen molar-refractivity contribution in [3.05, 3.63) is 82.0 Å². The van der Waals surface area contributed by atoms with Crippen molar-refractivity contribution in [2.24, 2.45) is 14.1 Å². The predicted octanol–water partition coefficient (Wildman–Crippen LogP) is 4.61. The Morgan fingerprint density at radius 2 is 1.70 bits per heavy atom. The number of nitrogens with zero attached hydrogens (tertiary/aromatic N) is 5. The Morgan fingerprint density at radius 1 is 1.03 bits per heavy atom. The number of ether oxygens (including phenoxy) is 1. The fourth-order valence-electron chi connectivity index (χ4n) is 4.01. The van der Waals surface area contributed by atoms with E-state index in [9.17, 15) is 9.59 Å². The molecule has 1 N–H and O–H groups in total. The summed E-state index contributed by atoms with van der Waals surface area (Å²) in [6.07, 6.45) is -0.325. The summed E-state index contributed by atoms with van der Waals surface area (Å²) in [5.74, 6) is 1.65. The lowest BCUT2D eigenvalue weighted by atomic mass is 10.0. The molecule has 2 aromatic carbocycles. The molecule has 4 aromatic rings. The number of hydrogen-bond acceptors (Lipinski definition) is 6. The van der Waals surface area contributed by atoms with Gasteiger partial charge in [-0.2, -0.15) is 0 Å². The summed E-state index contributed by atoms with van der Waals surface area (Å²) in [6, 6.07) is 17.3. The van der Waals surface area contributed by atoms with Gasteiger partial charge in [0.2, 0.25) is 5.91 Å². The monoisotopic (exact) mass is 520 g/mol. The van der Waals surface area contributed by atoms with Crippen LogP contribution in [0.2, 0.25) is 0 Å². The normalized spacial score (nSPS) is 12.1. The molecule has 37 heavy (non-hydrogen) atoms. The highest BCUT2D eigenvalue weighted by molar-refractivity contribution is 7.99. The maximum atomic E-state index is 13.0. The molecule has 0 saturated carbocycles. The van der Waals surface area contributed by atoms with Gasteiger partial charge in [0.15, 0.2) is 17.1 Å². The lowest BCUT2D eigenvalue weighted by Crippen LogP contribution is -2.23. The fraction of sp³-hybridized carbons (Fsp3) is 0.333. The largest absolute Gasteiger partial charge is 0.483 e. The summed E-state index contributed by atoms with van der Waals surface area (Å²) in [4.78, 5) is 25.8. The molecule has 10 heteroatoms. The van der Waals surface area contributed by atoms with Crippen LogP contribution in [-0.4, -0.2) is 35.8 Å². The zero-order valence-electron chi connectivity index (χ0n) is 21.9. The van der Waals surface area contributed by atoms with E-state index in [1.165, 1.54) is 22.0 Å². The van der Waals surface area contributed by atoms with Crippen LogP contribution in [0, 0.1) is 6.92 Å². The van der Waals surface area contributed by atoms with E-state index in [4.69, 9.17) is 4.74 Å². The lowest BCUT2D eigenvalue weighted by molar-refractivity contribution is -0.113. The van der Waals surface area contributed by atoms with Crippen LogP contribution < -0.4 is 15.6 Å². The molecule has 1 unspecified atom stereocenters. The number of thioether (sulfide) groups is 1. The third-order valence-corrected chi connectivity index (χ3v) is 7.26. The molecule has 0 aliphatic carbocycles. The smallest absolute Gasteiger partial charge is 0.295 e.